The molecule has 1 saturated heterocycles. The molecule has 0 spiro atoms. The Bertz CT molecular complexity index is 399. The zero-order valence-corrected chi connectivity index (χ0v) is 11.3. The van der Waals surface area contributed by atoms with E-state index in [1.807, 2.05) is 11.9 Å². The van der Waals surface area contributed by atoms with Crippen molar-refractivity contribution in [1.29, 1.82) is 0 Å². The molecule has 3 heteroatoms. The maximum absolute atomic E-state index is 12.3. The van der Waals surface area contributed by atoms with E-state index in [0.717, 1.165) is 31.5 Å². The van der Waals surface area contributed by atoms with Crippen molar-refractivity contribution in [1.82, 2.24) is 10.2 Å². The summed E-state index contributed by atoms with van der Waals surface area (Å²) in [6, 6.07) is 8.62. The zero-order chi connectivity index (χ0) is 13.0. The first-order chi connectivity index (χ1) is 8.70. The van der Waals surface area contributed by atoms with Crippen LogP contribution in [0.4, 0.5) is 0 Å². The summed E-state index contributed by atoms with van der Waals surface area (Å²) in [6.07, 6.45) is 2.78. The van der Waals surface area contributed by atoms with Gasteiger partial charge in [-0.05, 0) is 32.4 Å². The van der Waals surface area contributed by atoms with Crippen LogP contribution >= 0.6 is 0 Å². The quantitative estimate of drug-likeness (QED) is 0.878. The maximum Gasteiger partial charge on any atom is 0.227 e. The average Bonchev–Trinajstić information content (AvgIpc) is 2.81. The second-order valence-electron chi connectivity index (χ2n) is 5.10. The topological polar surface area (TPSA) is 32.3 Å². The minimum atomic E-state index is 0.261. The van der Waals surface area contributed by atoms with Gasteiger partial charge in [-0.25, -0.2) is 0 Å². The predicted molar refractivity (Wildman–Crippen MR) is 73.5 cm³/mol. The SMILES string of the molecule is CNCC1CCCN1C(=O)Cc1ccc(C)cc1. The van der Waals surface area contributed by atoms with Gasteiger partial charge in [0.05, 0.1) is 6.42 Å². The van der Waals surface area contributed by atoms with Crippen molar-refractivity contribution in [3.8, 4) is 0 Å². The lowest BCUT2D eigenvalue weighted by atomic mass is 10.1. The monoisotopic (exact) mass is 246 g/mol. The first-order valence-corrected chi connectivity index (χ1v) is 6.70. The number of rotatable bonds is 4. The fraction of sp³-hybridized carbons (Fsp3) is 0.533. The molecule has 0 aromatic heterocycles. The van der Waals surface area contributed by atoms with Crippen LogP contribution in [0.5, 0.6) is 0 Å². The van der Waals surface area contributed by atoms with Crippen molar-refractivity contribution < 1.29 is 4.79 Å². The molecular weight excluding hydrogens is 224 g/mol. The van der Waals surface area contributed by atoms with Gasteiger partial charge < -0.3 is 10.2 Å². The number of carbonyl (C=O) groups excluding carboxylic acids is 1. The van der Waals surface area contributed by atoms with Crippen molar-refractivity contribution in [2.45, 2.75) is 32.2 Å². The number of aryl methyl sites for hydroxylation is 1. The molecule has 1 aliphatic rings. The Morgan fingerprint density at radius 1 is 1.39 bits per heavy atom. The molecule has 3 nitrogen and oxygen atoms in total. The van der Waals surface area contributed by atoms with Gasteiger partial charge in [0.2, 0.25) is 5.91 Å². The first kappa shape index (κ1) is 13.1. The van der Waals surface area contributed by atoms with Gasteiger partial charge in [0, 0.05) is 19.1 Å². The van der Waals surface area contributed by atoms with Gasteiger partial charge in [0.1, 0.15) is 0 Å². The molecule has 98 valence electrons. The van der Waals surface area contributed by atoms with E-state index < -0.39 is 0 Å². The summed E-state index contributed by atoms with van der Waals surface area (Å²) in [5, 5.41) is 3.17. The van der Waals surface area contributed by atoms with Gasteiger partial charge in [-0.3, -0.25) is 4.79 Å². The number of likely N-dealkylation sites (N-methyl/N-ethyl adjacent to an activating group) is 1. The Labute approximate surface area is 109 Å². The van der Waals surface area contributed by atoms with E-state index in [1.54, 1.807) is 0 Å². The van der Waals surface area contributed by atoms with Crippen LogP contribution < -0.4 is 5.32 Å². The van der Waals surface area contributed by atoms with Crippen molar-refractivity contribution >= 4 is 5.91 Å². The number of carbonyl (C=O) groups is 1. The molecule has 0 aliphatic carbocycles. The van der Waals surface area contributed by atoms with Gasteiger partial charge in [-0.2, -0.15) is 0 Å². The summed E-state index contributed by atoms with van der Waals surface area (Å²) in [6.45, 7) is 3.88. The van der Waals surface area contributed by atoms with Gasteiger partial charge in [-0.1, -0.05) is 29.8 Å². The van der Waals surface area contributed by atoms with Crippen LogP contribution in [-0.2, 0) is 11.2 Å². The lowest BCUT2D eigenvalue weighted by molar-refractivity contribution is -0.131. The standard InChI is InChI=1S/C15H22N2O/c1-12-5-7-13(8-6-12)10-15(18)17-9-3-4-14(17)11-16-2/h5-8,14,16H,3-4,9-11H2,1-2H3. The summed E-state index contributed by atoms with van der Waals surface area (Å²) in [4.78, 5) is 14.3. The molecule has 1 N–H and O–H groups in total. The summed E-state index contributed by atoms with van der Waals surface area (Å²) >= 11 is 0. The van der Waals surface area contributed by atoms with E-state index in [1.165, 1.54) is 5.56 Å². The Balaban J connectivity index is 1.96. The third-order valence-electron chi connectivity index (χ3n) is 3.61. The van der Waals surface area contributed by atoms with E-state index >= 15 is 0 Å². The second kappa shape index (κ2) is 6.01. The molecular formula is C15H22N2O. The summed E-state index contributed by atoms with van der Waals surface area (Å²) < 4.78 is 0. The Morgan fingerprint density at radius 3 is 2.78 bits per heavy atom. The molecule has 1 aromatic carbocycles. The lowest BCUT2D eigenvalue weighted by Gasteiger charge is -2.24. The highest BCUT2D eigenvalue weighted by molar-refractivity contribution is 5.79. The van der Waals surface area contributed by atoms with Crippen molar-refractivity contribution in [3.05, 3.63) is 35.4 Å². The number of amides is 1. The largest absolute Gasteiger partial charge is 0.338 e. The maximum atomic E-state index is 12.3. The van der Waals surface area contributed by atoms with Gasteiger partial charge in [0.15, 0.2) is 0 Å². The van der Waals surface area contributed by atoms with Crippen LogP contribution in [0.2, 0.25) is 0 Å². The second-order valence-corrected chi connectivity index (χ2v) is 5.10. The van der Waals surface area contributed by atoms with Crippen LogP contribution in [0.1, 0.15) is 24.0 Å². The Hall–Kier alpha value is -1.35. The number of nitrogens with zero attached hydrogens (tertiary/aromatic N) is 1. The summed E-state index contributed by atoms with van der Waals surface area (Å²) in [5.41, 5.74) is 2.35. The summed E-state index contributed by atoms with van der Waals surface area (Å²) in [7, 11) is 1.95. The molecule has 0 radical (unpaired) electrons. The van der Waals surface area contributed by atoms with Crippen molar-refractivity contribution in [3.63, 3.8) is 0 Å². The third kappa shape index (κ3) is 3.10. The molecule has 0 bridgehead atoms. The molecule has 1 heterocycles. The normalized spacial score (nSPS) is 19.2. The summed E-state index contributed by atoms with van der Waals surface area (Å²) in [5.74, 6) is 0.261. The zero-order valence-electron chi connectivity index (χ0n) is 11.3. The van der Waals surface area contributed by atoms with E-state index in [4.69, 9.17) is 0 Å². The van der Waals surface area contributed by atoms with Crippen LogP contribution in [0.15, 0.2) is 24.3 Å². The van der Waals surface area contributed by atoms with Crippen LogP contribution in [0, 0.1) is 6.92 Å². The van der Waals surface area contributed by atoms with Crippen LogP contribution in [-0.4, -0.2) is 37.0 Å². The van der Waals surface area contributed by atoms with E-state index in [0.29, 0.717) is 12.5 Å². The number of hydrogen-bond donors (Lipinski definition) is 1. The molecule has 1 atom stereocenters. The lowest BCUT2D eigenvalue weighted by Crippen LogP contribution is -2.41. The molecule has 2 rings (SSSR count). The van der Waals surface area contributed by atoms with Gasteiger partial charge in [-0.15, -0.1) is 0 Å². The molecule has 1 unspecified atom stereocenters. The first-order valence-electron chi connectivity index (χ1n) is 6.70. The van der Waals surface area contributed by atoms with E-state index in [2.05, 4.69) is 36.5 Å². The fourth-order valence-electron chi connectivity index (χ4n) is 2.59. The number of hydrogen-bond acceptors (Lipinski definition) is 2. The predicted octanol–water partition coefficient (Wildman–Crippen LogP) is 1.75. The number of likely N-dealkylation sites (tertiary alicyclic amines) is 1. The highest BCUT2D eigenvalue weighted by Gasteiger charge is 2.27. The smallest absolute Gasteiger partial charge is 0.227 e. The Morgan fingerprint density at radius 2 is 2.11 bits per heavy atom. The average molecular weight is 246 g/mol. The third-order valence-corrected chi connectivity index (χ3v) is 3.61. The van der Waals surface area contributed by atoms with Crippen LogP contribution in [0.25, 0.3) is 0 Å². The molecule has 1 fully saturated rings. The number of nitrogens with one attached hydrogen (secondary N) is 1. The van der Waals surface area contributed by atoms with Crippen molar-refractivity contribution in [2.75, 3.05) is 20.1 Å². The highest BCUT2D eigenvalue weighted by Crippen LogP contribution is 2.18. The molecule has 1 aliphatic heterocycles. The van der Waals surface area contributed by atoms with E-state index in [9.17, 15) is 4.79 Å². The van der Waals surface area contributed by atoms with Gasteiger partial charge in [0.25, 0.3) is 0 Å². The number of benzene rings is 1. The Kier molecular flexibility index (Phi) is 4.37. The van der Waals surface area contributed by atoms with E-state index in [-0.39, 0.29) is 5.91 Å². The van der Waals surface area contributed by atoms with Crippen molar-refractivity contribution in [2.24, 2.45) is 0 Å². The molecule has 1 aromatic rings. The van der Waals surface area contributed by atoms with Crippen LogP contribution in [0.3, 0.4) is 0 Å². The van der Waals surface area contributed by atoms with Gasteiger partial charge >= 0.3 is 0 Å². The molecule has 0 saturated carbocycles. The molecule has 18 heavy (non-hydrogen) atoms. The minimum absolute atomic E-state index is 0.261. The fourth-order valence-corrected chi connectivity index (χ4v) is 2.59. The highest BCUT2D eigenvalue weighted by atomic mass is 16.2. The minimum Gasteiger partial charge on any atom is -0.338 e. The molecule has 1 amide bonds.